The Labute approximate surface area is 205 Å². The second kappa shape index (κ2) is 12.0. The minimum atomic E-state index is -3.62. The fourth-order valence-corrected chi connectivity index (χ4v) is 6.65. The zero-order chi connectivity index (χ0) is 24.7. The number of aliphatic hydroxyl groups is 1. The number of fused-ring (bicyclic) bond motifs is 1. The van der Waals surface area contributed by atoms with Crippen molar-refractivity contribution in [2.75, 3.05) is 45.2 Å². The van der Waals surface area contributed by atoms with Crippen molar-refractivity contribution in [2.24, 2.45) is 0 Å². The monoisotopic (exact) mass is 488 g/mol. The predicted molar refractivity (Wildman–Crippen MR) is 139 cm³/mol. The minimum absolute atomic E-state index is 0.182. The van der Waals surface area contributed by atoms with E-state index in [1.807, 2.05) is 55.4 Å². The van der Waals surface area contributed by atoms with E-state index in [-0.39, 0.29) is 6.42 Å². The number of hydrogen-bond acceptors (Lipinski definition) is 6. The van der Waals surface area contributed by atoms with Crippen LogP contribution in [-0.2, 0) is 16.3 Å². The molecule has 7 heteroatoms. The number of benzene rings is 2. The van der Waals surface area contributed by atoms with Gasteiger partial charge in [0, 0.05) is 19.8 Å². The Morgan fingerprint density at radius 3 is 2.35 bits per heavy atom. The van der Waals surface area contributed by atoms with Crippen LogP contribution in [0.15, 0.2) is 47.4 Å². The van der Waals surface area contributed by atoms with Crippen LogP contribution in [0.2, 0.25) is 0 Å². The van der Waals surface area contributed by atoms with Gasteiger partial charge in [0.15, 0.2) is 9.84 Å². The molecule has 3 rings (SSSR count). The second-order valence-corrected chi connectivity index (χ2v) is 11.4. The van der Waals surface area contributed by atoms with Crippen LogP contribution in [0.1, 0.15) is 55.9 Å². The summed E-state index contributed by atoms with van der Waals surface area (Å²) in [5.74, 6) is 0.745. The van der Waals surface area contributed by atoms with Crippen molar-refractivity contribution in [3.8, 4) is 5.75 Å². The maximum atomic E-state index is 13.5. The average molecular weight is 489 g/mol. The first-order valence-electron chi connectivity index (χ1n) is 12.4. The summed E-state index contributed by atoms with van der Waals surface area (Å²) in [5, 5.41) is 9.86. The molecule has 0 fully saturated rings. The van der Waals surface area contributed by atoms with E-state index in [1.54, 1.807) is 6.07 Å². The smallest absolute Gasteiger partial charge is 0.185 e. The molecule has 0 saturated carbocycles. The third kappa shape index (κ3) is 6.52. The number of aliphatic hydroxyl groups excluding tert-OH is 1. The van der Waals surface area contributed by atoms with Crippen LogP contribution >= 0.6 is 0 Å². The molecule has 0 radical (unpaired) electrons. The Morgan fingerprint density at radius 2 is 1.71 bits per heavy atom. The highest BCUT2D eigenvalue weighted by molar-refractivity contribution is 7.91. The molecule has 1 N–H and O–H groups in total. The zero-order valence-electron chi connectivity index (χ0n) is 21.0. The molecule has 0 spiro atoms. The van der Waals surface area contributed by atoms with Gasteiger partial charge in [-0.3, -0.25) is 0 Å². The van der Waals surface area contributed by atoms with Gasteiger partial charge in [-0.15, -0.1) is 0 Å². The van der Waals surface area contributed by atoms with E-state index in [1.165, 1.54) is 6.42 Å². The van der Waals surface area contributed by atoms with Crippen LogP contribution in [0.4, 0.5) is 5.69 Å². The zero-order valence-corrected chi connectivity index (χ0v) is 21.9. The Kier molecular flexibility index (Phi) is 9.39. The summed E-state index contributed by atoms with van der Waals surface area (Å²) in [4.78, 5) is 4.69. The molecule has 0 bridgehead atoms. The molecule has 188 valence electrons. The third-order valence-electron chi connectivity index (χ3n) is 6.72. The van der Waals surface area contributed by atoms with Gasteiger partial charge in [0.1, 0.15) is 5.75 Å². The summed E-state index contributed by atoms with van der Waals surface area (Å²) in [7, 11) is 0.215. The van der Waals surface area contributed by atoms with Crippen molar-refractivity contribution >= 4 is 15.5 Å². The van der Waals surface area contributed by atoms with E-state index in [4.69, 9.17) is 4.74 Å². The molecular weight excluding hydrogens is 448 g/mol. The molecule has 34 heavy (non-hydrogen) atoms. The third-order valence-corrected chi connectivity index (χ3v) is 8.94. The minimum Gasteiger partial charge on any atom is -0.494 e. The summed E-state index contributed by atoms with van der Waals surface area (Å²) in [6, 6.07) is 12.7. The Bertz CT molecular complexity index is 1020. The molecule has 1 heterocycles. The van der Waals surface area contributed by atoms with Crippen LogP contribution in [0.3, 0.4) is 0 Å². The van der Waals surface area contributed by atoms with Crippen LogP contribution < -0.4 is 9.64 Å². The van der Waals surface area contributed by atoms with Crippen molar-refractivity contribution in [3.63, 3.8) is 0 Å². The molecule has 6 nitrogen and oxygen atoms in total. The van der Waals surface area contributed by atoms with E-state index < -0.39 is 21.2 Å². The molecule has 0 saturated heterocycles. The highest BCUT2D eigenvalue weighted by Gasteiger charge is 2.36. The fourth-order valence-electron chi connectivity index (χ4n) is 4.58. The van der Waals surface area contributed by atoms with E-state index in [9.17, 15) is 13.5 Å². The lowest BCUT2D eigenvalue weighted by molar-refractivity contribution is 0.164. The molecule has 2 unspecified atom stereocenters. The van der Waals surface area contributed by atoms with Crippen LogP contribution in [0.5, 0.6) is 5.75 Å². The van der Waals surface area contributed by atoms with Gasteiger partial charge < -0.3 is 19.6 Å². The van der Waals surface area contributed by atoms with Gasteiger partial charge in [0.2, 0.25) is 0 Å². The van der Waals surface area contributed by atoms with Gasteiger partial charge >= 0.3 is 0 Å². The number of rotatable bonds is 11. The number of unbranched alkanes of at least 4 members (excludes halogenated alkanes) is 2. The topological polar surface area (TPSA) is 70.1 Å². The van der Waals surface area contributed by atoms with Crippen LogP contribution in [0.25, 0.3) is 0 Å². The second-order valence-electron chi connectivity index (χ2n) is 9.32. The van der Waals surface area contributed by atoms with Gasteiger partial charge in [-0.05, 0) is 93.2 Å². The number of anilines is 1. The lowest BCUT2D eigenvalue weighted by atomic mass is 10.0. The Morgan fingerprint density at radius 1 is 1.00 bits per heavy atom. The van der Waals surface area contributed by atoms with Crippen molar-refractivity contribution in [1.29, 1.82) is 0 Å². The van der Waals surface area contributed by atoms with Crippen molar-refractivity contribution in [2.45, 2.75) is 62.2 Å². The number of hydrogen-bond donors (Lipinski definition) is 1. The molecule has 0 aliphatic carbocycles. The number of ether oxygens (including phenoxy) is 1. The average Bonchev–Trinajstić information content (AvgIpc) is 2.91. The molecule has 2 atom stereocenters. The van der Waals surface area contributed by atoms with Gasteiger partial charge in [-0.25, -0.2) is 8.42 Å². The first-order chi connectivity index (χ1) is 16.3. The van der Waals surface area contributed by atoms with Gasteiger partial charge in [0.25, 0.3) is 0 Å². The summed E-state index contributed by atoms with van der Waals surface area (Å²) in [5.41, 5.74) is 2.30. The maximum absolute atomic E-state index is 13.5. The SMILES string of the molecule is CCN(CC)CCCCCOc1ccc(C2CC(O)Cc3cc(N(C)C)ccc3S2(=O)=O)cc1. The summed E-state index contributed by atoms with van der Waals surface area (Å²) in [6.07, 6.45) is 3.09. The summed E-state index contributed by atoms with van der Waals surface area (Å²) < 4.78 is 33.0. The number of nitrogens with zero attached hydrogens (tertiary/aromatic N) is 2. The first-order valence-corrected chi connectivity index (χ1v) is 14.0. The first kappa shape index (κ1) is 26.5. The largest absolute Gasteiger partial charge is 0.494 e. The van der Waals surface area contributed by atoms with Crippen LogP contribution in [-0.4, -0.2) is 64.9 Å². The number of sulfone groups is 1. The lowest BCUT2D eigenvalue weighted by Crippen LogP contribution is -2.23. The van der Waals surface area contributed by atoms with Crippen molar-refractivity contribution in [3.05, 3.63) is 53.6 Å². The Balaban J connectivity index is 1.64. The Hall–Kier alpha value is -2.09. The van der Waals surface area contributed by atoms with Gasteiger partial charge in [-0.2, -0.15) is 0 Å². The standard InChI is InChI=1S/C27H40N2O4S/c1-5-29(6-2)16-8-7-9-17-33-25-13-10-21(11-14-25)27-20-24(30)19-22-18-23(28(3)4)12-15-26(22)34(27,31)32/h10-15,18,24,27,30H,5-9,16-17,19-20H2,1-4H3. The van der Waals surface area contributed by atoms with Gasteiger partial charge in [-0.1, -0.05) is 26.0 Å². The van der Waals surface area contributed by atoms with Crippen molar-refractivity contribution < 1.29 is 18.3 Å². The molecule has 0 aromatic heterocycles. The molecule has 1 aliphatic heterocycles. The quantitative estimate of drug-likeness (QED) is 0.471. The normalized spacial score (nSPS) is 19.5. The fraction of sp³-hybridized carbons (Fsp3) is 0.556. The molecular formula is C27H40N2O4S. The van der Waals surface area contributed by atoms with E-state index >= 15 is 0 Å². The highest BCUT2D eigenvalue weighted by Crippen LogP contribution is 2.39. The lowest BCUT2D eigenvalue weighted by Gasteiger charge is -2.19. The van der Waals surface area contributed by atoms with E-state index in [2.05, 4.69) is 18.7 Å². The van der Waals surface area contributed by atoms with E-state index in [0.717, 1.165) is 43.9 Å². The molecule has 2 aromatic rings. The van der Waals surface area contributed by atoms with Crippen LogP contribution in [0, 0.1) is 0 Å². The summed E-state index contributed by atoms with van der Waals surface area (Å²) in [6.45, 7) is 8.35. The van der Waals surface area contributed by atoms with E-state index in [0.29, 0.717) is 29.1 Å². The van der Waals surface area contributed by atoms with Crippen molar-refractivity contribution in [1.82, 2.24) is 4.90 Å². The molecule has 0 amide bonds. The molecule has 2 aromatic carbocycles. The predicted octanol–water partition coefficient (Wildman–Crippen LogP) is 4.47. The summed E-state index contributed by atoms with van der Waals surface area (Å²) >= 11 is 0. The van der Waals surface area contributed by atoms with Gasteiger partial charge in [0.05, 0.1) is 22.9 Å². The highest BCUT2D eigenvalue weighted by atomic mass is 32.2. The molecule has 1 aliphatic rings. The maximum Gasteiger partial charge on any atom is 0.185 e.